The van der Waals surface area contributed by atoms with E-state index >= 15 is 0 Å². The molecule has 0 fully saturated rings. The summed E-state index contributed by atoms with van der Waals surface area (Å²) in [5.74, 6) is 1.03. The predicted octanol–water partition coefficient (Wildman–Crippen LogP) is 6.49. The molecule has 108 valence electrons. The van der Waals surface area contributed by atoms with Crippen LogP contribution in [0.5, 0.6) is 0 Å². The zero-order valence-corrected chi connectivity index (χ0v) is 13.0. The van der Waals surface area contributed by atoms with Crippen molar-refractivity contribution in [2.45, 2.75) is 32.6 Å². The minimum Gasteiger partial charge on any atom is -0.460 e. The number of benzene rings is 2. The molecule has 0 saturated carbocycles. The standard InChI is InChI=1S/C19H19ClO/c1-2-3-5-10-17-12-16-11-15(13-18(20)19(16)21-17)14-8-6-4-7-9-14/h4,6-9,11-13H,2-3,5,10H2,1H3. The van der Waals surface area contributed by atoms with Crippen molar-refractivity contribution in [2.75, 3.05) is 0 Å². The first-order valence-corrected chi connectivity index (χ1v) is 7.93. The zero-order chi connectivity index (χ0) is 14.7. The fourth-order valence-electron chi connectivity index (χ4n) is 2.63. The van der Waals surface area contributed by atoms with Crippen LogP contribution in [-0.4, -0.2) is 0 Å². The van der Waals surface area contributed by atoms with Crippen LogP contribution in [0.15, 0.2) is 52.9 Å². The van der Waals surface area contributed by atoms with Gasteiger partial charge >= 0.3 is 0 Å². The molecule has 0 amide bonds. The van der Waals surface area contributed by atoms with Gasteiger partial charge in [-0.1, -0.05) is 61.7 Å². The van der Waals surface area contributed by atoms with Gasteiger partial charge in [-0.2, -0.15) is 0 Å². The topological polar surface area (TPSA) is 13.1 Å². The predicted molar refractivity (Wildman–Crippen MR) is 89.9 cm³/mol. The molecule has 0 N–H and O–H groups in total. The highest BCUT2D eigenvalue weighted by Crippen LogP contribution is 2.33. The van der Waals surface area contributed by atoms with E-state index in [9.17, 15) is 0 Å². The van der Waals surface area contributed by atoms with Crippen LogP contribution in [0.1, 0.15) is 31.9 Å². The lowest BCUT2D eigenvalue weighted by Crippen LogP contribution is -1.80. The lowest BCUT2D eigenvalue weighted by Gasteiger charge is -2.02. The molecule has 0 saturated heterocycles. The van der Waals surface area contributed by atoms with Crippen molar-refractivity contribution in [1.29, 1.82) is 0 Å². The van der Waals surface area contributed by atoms with E-state index in [2.05, 4.69) is 31.2 Å². The van der Waals surface area contributed by atoms with E-state index in [-0.39, 0.29) is 0 Å². The van der Waals surface area contributed by atoms with E-state index < -0.39 is 0 Å². The lowest BCUT2D eigenvalue weighted by atomic mass is 10.0. The number of halogens is 1. The lowest BCUT2D eigenvalue weighted by molar-refractivity contribution is 0.531. The average molecular weight is 299 g/mol. The molecule has 21 heavy (non-hydrogen) atoms. The van der Waals surface area contributed by atoms with Gasteiger partial charge < -0.3 is 4.42 Å². The normalized spacial score (nSPS) is 11.1. The second-order valence-electron chi connectivity index (χ2n) is 5.41. The van der Waals surface area contributed by atoms with Crippen molar-refractivity contribution in [2.24, 2.45) is 0 Å². The van der Waals surface area contributed by atoms with Gasteiger partial charge in [0.25, 0.3) is 0 Å². The summed E-state index contributed by atoms with van der Waals surface area (Å²) in [6.45, 7) is 2.21. The van der Waals surface area contributed by atoms with E-state index in [1.165, 1.54) is 24.8 Å². The van der Waals surface area contributed by atoms with Gasteiger partial charge in [-0.05, 0) is 35.7 Å². The van der Waals surface area contributed by atoms with Crippen molar-refractivity contribution in [1.82, 2.24) is 0 Å². The first-order chi connectivity index (χ1) is 10.3. The molecule has 0 aliphatic rings. The van der Waals surface area contributed by atoms with Crippen LogP contribution in [0.2, 0.25) is 5.02 Å². The molecule has 3 rings (SSSR count). The Bertz CT molecular complexity index is 728. The summed E-state index contributed by atoms with van der Waals surface area (Å²) in [5, 5.41) is 1.78. The van der Waals surface area contributed by atoms with Crippen LogP contribution >= 0.6 is 11.6 Å². The number of fused-ring (bicyclic) bond motifs is 1. The van der Waals surface area contributed by atoms with E-state index in [4.69, 9.17) is 16.0 Å². The van der Waals surface area contributed by atoms with Gasteiger partial charge in [-0.25, -0.2) is 0 Å². The summed E-state index contributed by atoms with van der Waals surface area (Å²) in [6.07, 6.45) is 4.61. The van der Waals surface area contributed by atoms with E-state index in [1.807, 2.05) is 24.3 Å². The van der Waals surface area contributed by atoms with Crippen LogP contribution in [0.4, 0.5) is 0 Å². The van der Waals surface area contributed by atoms with Crippen LogP contribution in [0.25, 0.3) is 22.1 Å². The summed E-state index contributed by atoms with van der Waals surface area (Å²) in [4.78, 5) is 0. The summed E-state index contributed by atoms with van der Waals surface area (Å²) in [5.41, 5.74) is 3.12. The van der Waals surface area contributed by atoms with Crippen molar-refractivity contribution >= 4 is 22.6 Å². The Morgan fingerprint density at radius 2 is 1.76 bits per heavy atom. The molecule has 0 atom stereocenters. The Balaban J connectivity index is 1.96. The molecular weight excluding hydrogens is 280 g/mol. The molecule has 2 heteroatoms. The average Bonchev–Trinajstić information content (AvgIpc) is 2.92. The highest BCUT2D eigenvalue weighted by Gasteiger charge is 2.10. The van der Waals surface area contributed by atoms with Crippen molar-refractivity contribution in [3.8, 4) is 11.1 Å². The maximum absolute atomic E-state index is 6.39. The Labute approximate surface area is 130 Å². The number of aryl methyl sites for hydroxylation is 1. The SMILES string of the molecule is CCCCCc1cc2cc(-c3ccccc3)cc(Cl)c2o1. The zero-order valence-electron chi connectivity index (χ0n) is 12.2. The third kappa shape index (κ3) is 3.14. The number of hydrogen-bond acceptors (Lipinski definition) is 1. The van der Waals surface area contributed by atoms with Gasteiger partial charge in [-0.3, -0.25) is 0 Å². The maximum atomic E-state index is 6.39. The van der Waals surface area contributed by atoms with E-state index in [0.717, 1.165) is 28.7 Å². The molecule has 0 radical (unpaired) electrons. The fourth-order valence-corrected chi connectivity index (χ4v) is 2.90. The molecule has 1 nitrogen and oxygen atoms in total. The minimum absolute atomic E-state index is 0.688. The van der Waals surface area contributed by atoms with Gasteiger partial charge in [0.2, 0.25) is 0 Å². The molecule has 0 bridgehead atoms. The first kappa shape index (κ1) is 14.2. The number of furan rings is 1. The number of hydrogen-bond donors (Lipinski definition) is 0. The quantitative estimate of drug-likeness (QED) is 0.491. The van der Waals surface area contributed by atoms with Crippen LogP contribution in [-0.2, 0) is 6.42 Å². The van der Waals surface area contributed by atoms with Gasteiger partial charge in [0.1, 0.15) is 5.76 Å². The molecule has 2 aromatic carbocycles. The molecular formula is C19H19ClO. The van der Waals surface area contributed by atoms with Gasteiger partial charge in [-0.15, -0.1) is 0 Å². The van der Waals surface area contributed by atoms with Crippen molar-refractivity contribution in [3.05, 3.63) is 59.3 Å². The Morgan fingerprint density at radius 1 is 0.952 bits per heavy atom. The second kappa shape index (κ2) is 6.36. The van der Waals surface area contributed by atoms with Crippen LogP contribution in [0.3, 0.4) is 0 Å². The largest absolute Gasteiger partial charge is 0.460 e. The molecule has 0 unspecified atom stereocenters. The highest BCUT2D eigenvalue weighted by molar-refractivity contribution is 6.35. The minimum atomic E-state index is 0.688. The van der Waals surface area contributed by atoms with E-state index in [1.54, 1.807) is 0 Å². The fraction of sp³-hybridized carbons (Fsp3) is 0.263. The first-order valence-electron chi connectivity index (χ1n) is 7.55. The summed E-state index contributed by atoms with van der Waals surface area (Å²) >= 11 is 6.39. The Morgan fingerprint density at radius 3 is 2.52 bits per heavy atom. The number of rotatable bonds is 5. The van der Waals surface area contributed by atoms with Crippen molar-refractivity contribution < 1.29 is 4.42 Å². The highest BCUT2D eigenvalue weighted by atomic mass is 35.5. The molecule has 1 aromatic heterocycles. The van der Waals surface area contributed by atoms with Crippen LogP contribution < -0.4 is 0 Å². The molecule has 0 aliphatic carbocycles. The Hall–Kier alpha value is -1.73. The summed E-state index contributed by atoms with van der Waals surface area (Å²) < 4.78 is 5.90. The number of unbranched alkanes of at least 4 members (excludes halogenated alkanes) is 2. The maximum Gasteiger partial charge on any atom is 0.152 e. The summed E-state index contributed by atoms with van der Waals surface area (Å²) in [7, 11) is 0. The van der Waals surface area contributed by atoms with Crippen molar-refractivity contribution in [3.63, 3.8) is 0 Å². The van der Waals surface area contributed by atoms with Gasteiger partial charge in [0, 0.05) is 11.8 Å². The molecule has 0 spiro atoms. The monoisotopic (exact) mass is 298 g/mol. The third-order valence-electron chi connectivity index (χ3n) is 3.76. The molecule has 0 aliphatic heterocycles. The molecule has 3 aromatic rings. The van der Waals surface area contributed by atoms with Gasteiger partial charge in [0.05, 0.1) is 5.02 Å². The smallest absolute Gasteiger partial charge is 0.152 e. The Kier molecular flexibility index (Phi) is 4.31. The second-order valence-corrected chi connectivity index (χ2v) is 5.82. The van der Waals surface area contributed by atoms with Gasteiger partial charge in [0.15, 0.2) is 5.58 Å². The summed E-state index contributed by atoms with van der Waals surface area (Å²) in [6, 6.07) is 16.6. The van der Waals surface area contributed by atoms with Crippen LogP contribution in [0, 0.1) is 0 Å². The third-order valence-corrected chi connectivity index (χ3v) is 4.04. The van der Waals surface area contributed by atoms with E-state index in [0.29, 0.717) is 5.02 Å². The molecule has 1 heterocycles.